The Labute approximate surface area is 105 Å². The molecule has 92 valence electrons. The zero-order valence-corrected chi connectivity index (χ0v) is 11.0. The Hall–Kier alpha value is -1.43. The maximum Gasteiger partial charge on any atom is 0.180 e. The fourth-order valence-corrected chi connectivity index (χ4v) is 2.62. The minimum atomic E-state index is 0.599. The van der Waals surface area contributed by atoms with Gasteiger partial charge in [0.1, 0.15) is 6.33 Å². The van der Waals surface area contributed by atoms with Crippen LogP contribution in [0, 0.1) is 0 Å². The van der Waals surface area contributed by atoms with Crippen LogP contribution in [0.1, 0.15) is 32.4 Å². The Morgan fingerprint density at radius 2 is 2.24 bits per heavy atom. The number of nitrogens with two attached hydrogens (primary N) is 1. The lowest BCUT2D eigenvalue weighted by molar-refractivity contribution is 0.576. The fourth-order valence-electron chi connectivity index (χ4n) is 1.70. The molecule has 0 spiro atoms. The Bertz CT molecular complexity index is 488. The molecule has 2 aromatic heterocycles. The summed E-state index contributed by atoms with van der Waals surface area (Å²) in [7, 11) is 0. The van der Waals surface area contributed by atoms with Crippen molar-refractivity contribution < 1.29 is 0 Å². The number of nitrogen functional groups attached to an aromatic ring is 1. The molecule has 0 saturated carbocycles. The molecule has 2 rings (SSSR count). The normalized spacial score (nSPS) is 10.9. The smallest absolute Gasteiger partial charge is 0.180 e. The van der Waals surface area contributed by atoms with E-state index in [1.807, 2.05) is 4.68 Å². The third kappa shape index (κ3) is 2.46. The molecule has 5 nitrogen and oxygen atoms in total. The molecule has 0 aliphatic heterocycles. The Kier molecular flexibility index (Phi) is 3.73. The van der Waals surface area contributed by atoms with Gasteiger partial charge in [-0.3, -0.25) is 0 Å². The number of aromatic nitrogens is 4. The minimum Gasteiger partial charge on any atom is -0.375 e. The maximum atomic E-state index is 5.76. The van der Waals surface area contributed by atoms with Gasteiger partial charge < -0.3 is 5.73 Å². The quantitative estimate of drug-likeness (QED) is 0.885. The number of anilines is 1. The third-order valence-electron chi connectivity index (χ3n) is 2.59. The van der Waals surface area contributed by atoms with Crippen molar-refractivity contribution in [1.82, 2.24) is 19.7 Å². The molecular weight excluding hydrogens is 234 g/mol. The van der Waals surface area contributed by atoms with Gasteiger partial charge in [0.05, 0.1) is 10.6 Å². The Balaban J connectivity index is 2.35. The van der Waals surface area contributed by atoms with Crippen LogP contribution < -0.4 is 5.73 Å². The summed E-state index contributed by atoms with van der Waals surface area (Å²) in [4.78, 5) is 9.70. The van der Waals surface area contributed by atoms with Crippen molar-refractivity contribution in [1.29, 1.82) is 0 Å². The monoisotopic (exact) mass is 251 g/mol. The van der Waals surface area contributed by atoms with Crippen LogP contribution in [0.4, 0.5) is 5.13 Å². The predicted octanol–water partition coefficient (Wildman–Crippen LogP) is 2.35. The predicted molar refractivity (Wildman–Crippen MR) is 69.8 cm³/mol. The van der Waals surface area contributed by atoms with Gasteiger partial charge in [-0.1, -0.05) is 31.6 Å². The minimum absolute atomic E-state index is 0.599. The first-order valence-electron chi connectivity index (χ1n) is 5.89. The number of hydrogen-bond acceptors (Lipinski definition) is 5. The Morgan fingerprint density at radius 1 is 1.41 bits per heavy atom. The van der Waals surface area contributed by atoms with Gasteiger partial charge in [0.2, 0.25) is 0 Å². The molecule has 2 aromatic rings. The lowest BCUT2D eigenvalue weighted by Gasteiger charge is -2.04. The number of aryl methyl sites for hydroxylation is 2. The molecule has 0 fully saturated rings. The summed E-state index contributed by atoms with van der Waals surface area (Å²) in [5.41, 5.74) is 6.77. The lowest BCUT2D eigenvalue weighted by Crippen LogP contribution is -2.02. The summed E-state index contributed by atoms with van der Waals surface area (Å²) < 4.78 is 1.94. The van der Waals surface area contributed by atoms with E-state index in [2.05, 4.69) is 28.9 Å². The zero-order valence-electron chi connectivity index (χ0n) is 10.2. The number of thiazole rings is 1. The molecule has 0 saturated heterocycles. The summed E-state index contributed by atoms with van der Waals surface area (Å²) in [6.07, 6.45) is 4.71. The first kappa shape index (κ1) is 12.0. The summed E-state index contributed by atoms with van der Waals surface area (Å²) in [5.74, 6) is 0.893. The van der Waals surface area contributed by atoms with Gasteiger partial charge >= 0.3 is 0 Å². The SMILES string of the molecule is CCCCn1ncnc1-c1sc(N)nc1CC. The molecule has 2 N–H and O–H groups in total. The van der Waals surface area contributed by atoms with Crippen LogP contribution in [0.15, 0.2) is 6.33 Å². The fraction of sp³-hybridized carbons (Fsp3) is 0.545. The average molecular weight is 251 g/mol. The standard InChI is InChI=1S/C11H17N5S/c1-3-5-6-16-10(13-7-14-16)9-8(4-2)15-11(12)17-9/h7H,3-6H2,1-2H3,(H2,12,15). The van der Waals surface area contributed by atoms with E-state index in [1.54, 1.807) is 6.33 Å². The molecular formula is C11H17N5S. The van der Waals surface area contributed by atoms with E-state index in [4.69, 9.17) is 5.73 Å². The molecule has 0 aromatic carbocycles. The number of nitrogens with zero attached hydrogens (tertiary/aromatic N) is 4. The summed E-state index contributed by atoms with van der Waals surface area (Å²) in [5, 5.41) is 4.86. The van der Waals surface area contributed by atoms with Gasteiger partial charge in [-0.15, -0.1) is 0 Å². The van der Waals surface area contributed by atoms with E-state index >= 15 is 0 Å². The molecule has 0 amide bonds. The summed E-state index contributed by atoms with van der Waals surface area (Å²) in [6, 6.07) is 0. The zero-order chi connectivity index (χ0) is 12.3. The molecule has 2 heterocycles. The molecule has 0 aliphatic carbocycles. The van der Waals surface area contributed by atoms with Crippen molar-refractivity contribution in [3.05, 3.63) is 12.0 Å². The van der Waals surface area contributed by atoms with E-state index in [1.165, 1.54) is 11.3 Å². The average Bonchev–Trinajstić information content (AvgIpc) is 2.91. The second-order valence-corrected chi connectivity index (χ2v) is 4.87. The topological polar surface area (TPSA) is 69.6 Å². The highest BCUT2D eigenvalue weighted by molar-refractivity contribution is 7.18. The number of rotatable bonds is 5. The van der Waals surface area contributed by atoms with E-state index in [0.717, 1.165) is 42.2 Å². The van der Waals surface area contributed by atoms with Crippen LogP contribution >= 0.6 is 11.3 Å². The van der Waals surface area contributed by atoms with Crippen molar-refractivity contribution in [3.8, 4) is 10.7 Å². The van der Waals surface area contributed by atoms with Gasteiger partial charge in [-0.25, -0.2) is 14.6 Å². The van der Waals surface area contributed by atoms with Crippen molar-refractivity contribution >= 4 is 16.5 Å². The summed E-state index contributed by atoms with van der Waals surface area (Å²) in [6.45, 7) is 5.14. The van der Waals surface area contributed by atoms with Gasteiger partial charge in [0.25, 0.3) is 0 Å². The van der Waals surface area contributed by atoms with Crippen molar-refractivity contribution in [2.24, 2.45) is 0 Å². The second kappa shape index (κ2) is 5.27. The summed E-state index contributed by atoms with van der Waals surface area (Å²) >= 11 is 1.49. The van der Waals surface area contributed by atoms with Gasteiger partial charge in [-0.2, -0.15) is 5.10 Å². The third-order valence-corrected chi connectivity index (χ3v) is 3.51. The molecule has 0 bridgehead atoms. The van der Waals surface area contributed by atoms with E-state index in [0.29, 0.717) is 5.13 Å². The molecule has 0 radical (unpaired) electrons. The van der Waals surface area contributed by atoms with Crippen LogP contribution in [0.3, 0.4) is 0 Å². The van der Waals surface area contributed by atoms with Gasteiger partial charge in [0.15, 0.2) is 11.0 Å². The van der Waals surface area contributed by atoms with Crippen LogP contribution in [0.25, 0.3) is 10.7 Å². The Morgan fingerprint density at radius 3 is 2.94 bits per heavy atom. The first-order valence-corrected chi connectivity index (χ1v) is 6.71. The van der Waals surface area contributed by atoms with E-state index < -0.39 is 0 Å². The second-order valence-electron chi connectivity index (χ2n) is 3.84. The molecule has 0 atom stereocenters. The number of unbranched alkanes of at least 4 members (excludes halogenated alkanes) is 1. The van der Waals surface area contributed by atoms with E-state index in [9.17, 15) is 0 Å². The van der Waals surface area contributed by atoms with Crippen molar-refractivity contribution in [3.63, 3.8) is 0 Å². The lowest BCUT2D eigenvalue weighted by atomic mass is 10.3. The molecule has 17 heavy (non-hydrogen) atoms. The van der Waals surface area contributed by atoms with Gasteiger partial charge in [0, 0.05) is 6.54 Å². The van der Waals surface area contributed by atoms with Crippen molar-refractivity contribution in [2.75, 3.05) is 5.73 Å². The highest BCUT2D eigenvalue weighted by Gasteiger charge is 2.15. The van der Waals surface area contributed by atoms with Crippen LogP contribution in [-0.2, 0) is 13.0 Å². The number of hydrogen-bond donors (Lipinski definition) is 1. The molecule has 0 aliphatic rings. The molecule has 6 heteroatoms. The van der Waals surface area contributed by atoms with Crippen molar-refractivity contribution in [2.45, 2.75) is 39.7 Å². The molecule has 0 unspecified atom stereocenters. The highest BCUT2D eigenvalue weighted by atomic mass is 32.1. The first-order chi connectivity index (χ1) is 8.26. The van der Waals surface area contributed by atoms with Crippen LogP contribution in [0.2, 0.25) is 0 Å². The van der Waals surface area contributed by atoms with Gasteiger partial charge in [-0.05, 0) is 12.8 Å². The van der Waals surface area contributed by atoms with Crippen LogP contribution in [-0.4, -0.2) is 19.7 Å². The highest BCUT2D eigenvalue weighted by Crippen LogP contribution is 2.30. The van der Waals surface area contributed by atoms with E-state index in [-0.39, 0.29) is 0 Å². The van der Waals surface area contributed by atoms with Crippen LogP contribution in [0.5, 0.6) is 0 Å². The maximum absolute atomic E-state index is 5.76. The largest absolute Gasteiger partial charge is 0.375 e.